The normalized spacial score (nSPS) is 10.4. The molecule has 0 atom stereocenters. The highest BCUT2D eigenvalue weighted by atomic mass is 35.5. The molecule has 0 spiro atoms. The summed E-state index contributed by atoms with van der Waals surface area (Å²) in [6.07, 6.45) is 0.604. The van der Waals surface area contributed by atoms with Gasteiger partial charge in [-0.25, -0.2) is 4.98 Å². The van der Waals surface area contributed by atoms with Crippen molar-refractivity contribution in [1.29, 1.82) is 0 Å². The topological polar surface area (TPSA) is 64.7 Å². The molecule has 82 valence electrons. The van der Waals surface area contributed by atoms with Crippen LogP contribution in [-0.2, 0) is 6.42 Å². The minimum Gasteiger partial charge on any atom is -0.368 e. The molecule has 0 unspecified atom stereocenters. The van der Waals surface area contributed by atoms with Gasteiger partial charge in [-0.15, -0.1) is 0 Å². The van der Waals surface area contributed by atoms with E-state index in [2.05, 4.69) is 15.0 Å². The Bertz CT molecular complexity index is 476. The van der Waals surface area contributed by atoms with Crippen LogP contribution in [-0.4, -0.2) is 15.0 Å². The fourth-order valence-electron chi connectivity index (χ4n) is 1.38. The standard InChI is InChI=1S/C11H11ClN4/c1-7-2-4-8(5-3-7)6-9-14-10(12)16-11(13)15-9/h2-5H,6H2,1H3,(H2,13,14,15,16). The number of halogens is 1. The van der Waals surface area contributed by atoms with Gasteiger partial charge in [-0.1, -0.05) is 29.8 Å². The third-order valence-electron chi connectivity index (χ3n) is 2.15. The molecule has 0 fully saturated rings. The van der Waals surface area contributed by atoms with E-state index in [1.54, 1.807) is 0 Å². The van der Waals surface area contributed by atoms with Crippen LogP contribution >= 0.6 is 11.6 Å². The summed E-state index contributed by atoms with van der Waals surface area (Å²) in [7, 11) is 0. The number of hydrogen-bond acceptors (Lipinski definition) is 4. The summed E-state index contributed by atoms with van der Waals surface area (Å²) in [6, 6.07) is 8.15. The molecule has 0 saturated heterocycles. The third kappa shape index (κ3) is 2.67. The van der Waals surface area contributed by atoms with Gasteiger partial charge < -0.3 is 5.73 Å². The van der Waals surface area contributed by atoms with Crippen molar-refractivity contribution >= 4 is 17.5 Å². The molecule has 0 amide bonds. The summed E-state index contributed by atoms with van der Waals surface area (Å²) in [6.45, 7) is 2.04. The van der Waals surface area contributed by atoms with Crippen LogP contribution in [0, 0.1) is 6.92 Å². The first-order valence-electron chi connectivity index (χ1n) is 4.85. The molecule has 1 aromatic carbocycles. The molecule has 0 aliphatic rings. The second-order valence-corrected chi connectivity index (χ2v) is 3.88. The summed E-state index contributed by atoms with van der Waals surface area (Å²) >= 11 is 5.70. The van der Waals surface area contributed by atoms with Crippen LogP contribution in [0.1, 0.15) is 17.0 Å². The lowest BCUT2D eigenvalue weighted by molar-refractivity contribution is 0.929. The van der Waals surface area contributed by atoms with Gasteiger partial charge in [-0.05, 0) is 24.1 Å². The van der Waals surface area contributed by atoms with Crippen molar-refractivity contribution in [2.24, 2.45) is 0 Å². The van der Waals surface area contributed by atoms with Crippen molar-refractivity contribution in [2.45, 2.75) is 13.3 Å². The van der Waals surface area contributed by atoms with Gasteiger partial charge in [-0.3, -0.25) is 0 Å². The smallest absolute Gasteiger partial charge is 0.227 e. The first kappa shape index (κ1) is 10.8. The lowest BCUT2D eigenvalue weighted by Crippen LogP contribution is -2.03. The van der Waals surface area contributed by atoms with E-state index in [-0.39, 0.29) is 11.2 Å². The Morgan fingerprint density at radius 2 is 1.81 bits per heavy atom. The first-order chi connectivity index (χ1) is 7.63. The first-order valence-corrected chi connectivity index (χ1v) is 5.23. The summed E-state index contributed by atoms with van der Waals surface area (Å²) in [5, 5.41) is 0.134. The number of aromatic nitrogens is 3. The van der Waals surface area contributed by atoms with E-state index in [9.17, 15) is 0 Å². The van der Waals surface area contributed by atoms with Gasteiger partial charge >= 0.3 is 0 Å². The van der Waals surface area contributed by atoms with Crippen molar-refractivity contribution in [3.05, 3.63) is 46.5 Å². The van der Waals surface area contributed by atoms with Crippen LogP contribution in [0.25, 0.3) is 0 Å². The lowest BCUT2D eigenvalue weighted by Gasteiger charge is -2.02. The summed E-state index contributed by atoms with van der Waals surface area (Å²) in [5.41, 5.74) is 7.83. The molecule has 0 bridgehead atoms. The number of aryl methyl sites for hydroxylation is 1. The highest BCUT2D eigenvalue weighted by Crippen LogP contribution is 2.10. The number of nitrogens with zero attached hydrogens (tertiary/aromatic N) is 3. The predicted octanol–water partition coefficient (Wildman–Crippen LogP) is 2.01. The SMILES string of the molecule is Cc1ccc(Cc2nc(N)nc(Cl)n2)cc1. The molecule has 0 radical (unpaired) electrons. The number of rotatable bonds is 2. The molecule has 2 N–H and O–H groups in total. The molecule has 4 nitrogen and oxygen atoms in total. The van der Waals surface area contributed by atoms with Crippen LogP contribution in [0.15, 0.2) is 24.3 Å². The predicted molar refractivity (Wildman–Crippen MR) is 63.2 cm³/mol. The fourth-order valence-corrected chi connectivity index (χ4v) is 1.56. The second-order valence-electron chi connectivity index (χ2n) is 3.54. The Labute approximate surface area is 98.5 Å². The van der Waals surface area contributed by atoms with Gasteiger partial charge in [0.1, 0.15) is 5.82 Å². The van der Waals surface area contributed by atoms with Crippen LogP contribution in [0.2, 0.25) is 5.28 Å². The maximum Gasteiger partial charge on any atom is 0.227 e. The molecule has 0 aliphatic carbocycles. The molecule has 1 heterocycles. The van der Waals surface area contributed by atoms with Gasteiger partial charge in [0.15, 0.2) is 0 Å². The molecule has 2 rings (SSSR count). The lowest BCUT2D eigenvalue weighted by atomic mass is 10.1. The zero-order valence-corrected chi connectivity index (χ0v) is 9.57. The van der Waals surface area contributed by atoms with E-state index in [1.165, 1.54) is 5.56 Å². The average molecular weight is 235 g/mol. The zero-order chi connectivity index (χ0) is 11.5. The van der Waals surface area contributed by atoms with Crippen molar-refractivity contribution in [1.82, 2.24) is 15.0 Å². The van der Waals surface area contributed by atoms with Gasteiger partial charge in [0.25, 0.3) is 0 Å². The molecule has 2 aromatic rings. The molecular weight excluding hydrogens is 224 g/mol. The quantitative estimate of drug-likeness (QED) is 0.863. The molecule has 1 aromatic heterocycles. The number of benzene rings is 1. The Morgan fingerprint density at radius 1 is 1.12 bits per heavy atom. The number of nitrogen functional groups attached to an aromatic ring is 1. The summed E-state index contributed by atoms with van der Waals surface area (Å²) < 4.78 is 0. The maximum absolute atomic E-state index is 5.70. The molecule has 16 heavy (non-hydrogen) atoms. The van der Waals surface area contributed by atoms with Gasteiger partial charge in [0.05, 0.1) is 0 Å². The van der Waals surface area contributed by atoms with E-state index in [0.29, 0.717) is 12.2 Å². The minimum atomic E-state index is 0.134. The van der Waals surface area contributed by atoms with Crippen LogP contribution in [0.5, 0.6) is 0 Å². The number of hydrogen-bond donors (Lipinski definition) is 1. The largest absolute Gasteiger partial charge is 0.368 e. The van der Waals surface area contributed by atoms with E-state index < -0.39 is 0 Å². The molecule has 0 saturated carbocycles. The Kier molecular flexibility index (Phi) is 3.01. The molecule has 5 heteroatoms. The van der Waals surface area contributed by atoms with Gasteiger partial charge in [-0.2, -0.15) is 9.97 Å². The Morgan fingerprint density at radius 3 is 2.44 bits per heavy atom. The van der Waals surface area contributed by atoms with Crippen molar-refractivity contribution in [3.63, 3.8) is 0 Å². The summed E-state index contributed by atoms with van der Waals surface area (Å²) in [4.78, 5) is 11.7. The third-order valence-corrected chi connectivity index (χ3v) is 2.32. The Balaban J connectivity index is 2.23. The summed E-state index contributed by atoms with van der Waals surface area (Å²) in [5.74, 6) is 0.739. The number of anilines is 1. The van der Waals surface area contributed by atoms with E-state index in [0.717, 1.165) is 5.56 Å². The van der Waals surface area contributed by atoms with E-state index in [1.807, 2.05) is 31.2 Å². The van der Waals surface area contributed by atoms with Crippen LogP contribution in [0.3, 0.4) is 0 Å². The van der Waals surface area contributed by atoms with E-state index >= 15 is 0 Å². The van der Waals surface area contributed by atoms with Crippen LogP contribution in [0.4, 0.5) is 5.95 Å². The minimum absolute atomic E-state index is 0.134. The maximum atomic E-state index is 5.70. The van der Waals surface area contributed by atoms with E-state index in [4.69, 9.17) is 17.3 Å². The molecular formula is C11H11ClN4. The molecule has 0 aliphatic heterocycles. The van der Waals surface area contributed by atoms with Crippen molar-refractivity contribution in [2.75, 3.05) is 5.73 Å². The van der Waals surface area contributed by atoms with Crippen molar-refractivity contribution < 1.29 is 0 Å². The highest BCUT2D eigenvalue weighted by Gasteiger charge is 2.03. The zero-order valence-electron chi connectivity index (χ0n) is 8.81. The van der Waals surface area contributed by atoms with Gasteiger partial charge in [0.2, 0.25) is 11.2 Å². The second kappa shape index (κ2) is 4.45. The average Bonchev–Trinajstić information content (AvgIpc) is 2.20. The van der Waals surface area contributed by atoms with Crippen molar-refractivity contribution in [3.8, 4) is 0 Å². The highest BCUT2D eigenvalue weighted by molar-refractivity contribution is 6.28. The monoisotopic (exact) mass is 234 g/mol. The number of nitrogens with two attached hydrogens (primary N) is 1. The van der Waals surface area contributed by atoms with Crippen LogP contribution < -0.4 is 5.73 Å². The Hall–Kier alpha value is -1.68. The fraction of sp³-hybridized carbons (Fsp3) is 0.182. The van der Waals surface area contributed by atoms with Gasteiger partial charge in [0, 0.05) is 6.42 Å².